The van der Waals surface area contributed by atoms with Crippen molar-refractivity contribution in [2.75, 3.05) is 27.7 Å². The van der Waals surface area contributed by atoms with Gasteiger partial charge in [-0.1, -0.05) is 0 Å². The van der Waals surface area contributed by atoms with Crippen LogP contribution in [0, 0.1) is 0 Å². The number of likely N-dealkylation sites (N-methyl/N-ethyl adjacent to an activating group) is 1. The zero-order valence-electron chi connectivity index (χ0n) is 18.7. The average molecular weight is 519 g/mol. The largest absolute Gasteiger partial charge is 0.547 e. The van der Waals surface area contributed by atoms with E-state index >= 15 is 0 Å². The lowest BCUT2D eigenvalue weighted by Crippen LogP contribution is -2.54. The van der Waals surface area contributed by atoms with Gasteiger partial charge < -0.3 is 65.4 Å². The van der Waals surface area contributed by atoms with Gasteiger partial charge in [0.05, 0.1) is 40.0 Å². The minimum Gasteiger partial charge on any atom is -0.547 e. The molecule has 0 rings (SSSR count). The zero-order valence-corrected chi connectivity index (χ0v) is 18.7. The molecule has 0 amide bonds. The van der Waals surface area contributed by atoms with E-state index in [-0.39, 0.29) is 6.42 Å². The fourth-order valence-electron chi connectivity index (χ4n) is 1.89. The zero-order chi connectivity index (χ0) is 28.9. The van der Waals surface area contributed by atoms with E-state index in [1.807, 2.05) is 21.1 Å². The van der Waals surface area contributed by atoms with Gasteiger partial charge in [0.25, 0.3) is 0 Å². The normalized spacial score (nSPS) is 15.8. The summed E-state index contributed by atoms with van der Waals surface area (Å²) in [7, 11) is 5.72. The maximum absolute atomic E-state index is 10.4. The van der Waals surface area contributed by atoms with Gasteiger partial charge in [-0.2, -0.15) is 0 Å². The topological polar surface area (TPSA) is 328 Å². The van der Waals surface area contributed by atoms with Crippen LogP contribution >= 0.6 is 0 Å². The molecule has 0 aliphatic heterocycles. The van der Waals surface area contributed by atoms with Gasteiger partial charge in [0.2, 0.25) is 5.60 Å². The Morgan fingerprint density at radius 3 is 1.40 bits per heavy atom. The van der Waals surface area contributed by atoms with E-state index in [1.54, 1.807) is 0 Å². The Morgan fingerprint density at radius 1 is 0.771 bits per heavy atom. The van der Waals surface area contributed by atoms with E-state index in [9.17, 15) is 33.9 Å². The molecule has 10 N–H and O–H groups in total. The molecule has 204 valence electrons. The van der Waals surface area contributed by atoms with E-state index < -0.39 is 72.3 Å². The van der Waals surface area contributed by atoms with Crippen LogP contribution in [-0.4, -0.2) is 149 Å². The lowest BCUT2D eigenvalue weighted by Gasteiger charge is -2.25. The van der Waals surface area contributed by atoms with Crippen molar-refractivity contribution in [2.24, 2.45) is 0 Å². The third-order valence-corrected chi connectivity index (χ3v) is 3.44. The third kappa shape index (κ3) is 16.8. The highest BCUT2D eigenvalue weighted by Crippen LogP contribution is 2.16. The first-order valence-corrected chi connectivity index (χ1v) is 9.08. The minimum absolute atomic E-state index is 0.171. The Morgan fingerprint density at radius 2 is 1.20 bits per heavy atom. The first kappa shape index (κ1) is 36.2. The second kappa shape index (κ2) is 15.5. The average Bonchev–Trinajstić information content (AvgIpc) is 2.63. The summed E-state index contributed by atoms with van der Waals surface area (Å²) in [6, 6.07) is 0. The summed E-state index contributed by atoms with van der Waals surface area (Å²) in [6.45, 7) is 0.465. The highest BCUT2D eigenvalue weighted by Gasteiger charge is 2.49. The number of rotatable bonds is 12. The van der Waals surface area contributed by atoms with Crippen molar-refractivity contribution in [2.45, 2.75) is 42.9 Å². The second-order valence-corrected chi connectivity index (χ2v) is 7.81. The molecule has 0 aromatic rings. The van der Waals surface area contributed by atoms with Gasteiger partial charge in [-0.3, -0.25) is 9.59 Å². The van der Waals surface area contributed by atoms with Crippen LogP contribution in [0.3, 0.4) is 0 Å². The second-order valence-electron chi connectivity index (χ2n) is 7.81. The molecule has 0 heterocycles. The Hall–Kier alpha value is -3.42. The van der Waals surface area contributed by atoms with Gasteiger partial charge in [0, 0.05) is 0 Å². The van der Waals surface area contributed by atoms with E-state index in [1.165, 1.54) is 0 Å². The molecular formula is C17H29NO17. The number of carbonyl (C=O) groups excluding carboxylic acids is 1. The Bertz CT molecular complexity index is 742. The monoisotopic (exact) mass is 519 g/mol. The van der Waals surface area contributed by atoms with Crippen LogP contribution in [0.1, 0.15) is 12.8 Å². The molecule has 0 aromatic carbocycles. The van der Waals surface area contributed by atoms with Crippen molar-refractivity contribution in [1.82, 2.24) is 0 Å². The van der Waals surface area contributed by atoms with Crippen LogP contribution in [-0.2, 0) is 28.8 Å². The highest BCUT2D eigenvalue weighted by atomic mass is 16.5. The van der Waals surface area contributed by atoms with Crippen LogP contribution in [0.25, 0.3) is 0 Å². The van der Waals surface area contributed by atoms with E-state index in [0.717, 1.165) is 0 Å². The number of quaternary nitrogens is 1. The summed E-state index contributed by atoms with van der Waals surface area (Å²) in [5, 5.41) is 94.2. The lowest BCUT2D eigenvalue weighted by atomic mass is 9.93. The van der Waals surface area contributed by atoms with Crippen LogP contribution in [0.2, 0.25) is 0 Å². The van der Waals surface area contributed by atoms with Crippen LogP contribution in [0.5, 0.6) is 0 Å². The molecule has 18 heteroatoms. The molecule has 5 atom stereocenters. The number of carboxylic acid groups (broad SMARTS) is 6. The third-order valence-electron chi connectivity index (χ3n) is 3.44. The Kier molecular flexibility index (Phi) is 16.0. The van der Waals surface area contributed by atoms with E-state index in [4.69, 9.17) is 51.1 Å². The van der Waals surface area contributed by atoms with E-state index in [0.29, 0.717) is 11.0 Å². The predicted octanol–water partition coefficient (Wildman–Crippen LogP) is -6.21. The maximum Gasteiger partial charge on any atom is 0.339 e. The predicted molar refractivity (Wildman–Crippen MR) is 104 cm³/mol. The molecule has 0 bridgehead atoms. The van der Waals surface area contributed by atoms with Gasteiger partial charge in [-0.05, 0) is 0 Å². The molecule has 0 saturated carbocycles. The Labute approximate surface area is 196 Å². The number of aliphatic hydroxyl groups excluding tert-OH is 4. The molecule has 0 fully saturated rings. The van der Waals surface area contributed by atoms with Crippen molar-refractivity contribution in [3.63, 3.8) is 0 Å². The SMILES string of the molecule is C[N+](C)(C)C[C@H](O)CC(=O)O.O=C(O)C[C@@](O)(C(=O)O)[C@H](O)C(=O)O.O=C([O-])[C@H](O)[C@@H](O)C(=O)O. The summed E-state index contributed by atoms with van der Waals surface area (Å²) in [5.41, 5.74) is -3.22. The molecular weight excluding hydrogens is 490 g/mol. The highest BCUT2D eigenvalue weighted by molar-refractivity contribution is 5.90. The number of hydrogen-bond acceptors (Lipinski definition) is 12. The van der Waals surface area contributed by atoms with Crippen molar-refractivity contribution in [3.8, 4) is 0 Å². The lowest BCUT2D eigenvalue weighted by molar-refractivity contribution is -0.873. The molecule has 0 aliphatic carbocycles. The fourth-order valence-corrected chi connectivity index (χ4v) is 1.89. The van der Waals surface area contributed by atoms with Gasteiger partial charge >= 0.3 is 29.8 Å². The molecule has 35 heavy (non-hydrogen) atoms. The van der Waals surface area contributed by atoms with Gasteiger partial charge in [0.15, 0.2) is 12.2 Å². The molecule has 0 aliphatic rings. The number of nitrogens with zero attached hydrogens (tertiary/aromatic N) is 1. The van der Waals surface area contributed by atoms with Crippen LogP contribution in [0.15, 0.2) is 0 Å². The maximum atomic E-state index is 10.4. The van der Waals surface area contributed by atoms with Crippen LogP contribution in [0.4, 0.5) is 0 Å². The number of aliphatic carboxylic acids is 6. The first-order valence-electron chi connectivity index (χ1n) is 9.08. The van der Waals surface area contributed by atoms with E-state index in [2.05, 4.69) is 0 Å². The molecule has 0 aromatic heterocycles. The summed E-state index contributed by atoms with van der Waals surface area (Å²) >= 11 is 0. The molecule has 0 unspecified atom stereocenters. The van der Waals surface area contributed by atoms with Crippen molar-refractivity contribution in [3.05, 3.63) is 0 Å². The smallest absolute Gasteiger partial charge is 0.339 e. The molecule has 0 spiro atoms. The standard InChI is InChI=1S/C7H15NO3.C6H8O8.C4H6O6/c1-8(2,3)5-6(9)4-7(10)11;7-2(8)1-6(14,5(12)13)3(9)4(10)11;5-1(3(7)8)2(6)4(9)10/h6,9H,4-5H2,1-3H3;3,9,14H,1H2,(H,7,8)(H,10,11)(H,12,13);1-2,5-6H,(H,7,8)(H,9,10)/t6-;3-,6+;1-,2-/m111/s1. The molecule has 0 radical (unpaired) electrons. The summed E-state index contributed by atoms with van der Waals surface area (Å²) in [4.78, 5) is 60.2. The van der Waals surface area contributed by atoms with Crippen molar-refractivity contribution in [1.29, 1.82) is 0 Å². The van der Waals surface area contributed by atoms with Gasteiger partial charge in [-0.25, -0.2) is 14.4 Å². The Balaban J connectivity index is -0.000000447. The fraction of sp³-hybridized carbons (Fsp3) is 0.647. The summed E-state index contributed by atoms with van der Waals surface area (Å²) < 4.78 is 0.578. The molecule has 18 nitrogen and oxygen atoms in total. The number of aliphatic hydroxyl groups is 5. The first-order chi connectivity index (χ1) is 15.5. The minimum atomic E-state index is -3.22. The van der Waals surface area contributed by atoms with Gasteiger partial charge in [-0.15, -0.1) is 0 Å². The summed E-state index contributed by atoms with van der Waals surface area (Å²) in [6.07, 6.45) is -9.73. The number of hydrogen-bond donors (Lipinski definition) is 10. The quantitative estimate of drug-likeness (QED) is 0.107. The molecule has 0 saturated heterocycles. The number of carboxylic acids is 6. The summed E-state index contributed by atoms with van der Waals surface area (Å²) in [5.74, 6) is -10.7. The van der Waals surface area contributed by atoms with Crippen LogP contribution < -0.4 is 5.11 Å². The van der Waals surface area contributed by atoms with Gasteiger partial charge in [0.1, 0.15) is 18.8 Å². The van der Waals surface area contributed by atoms with Crippen molar-refractivity contribution < 1.29 is 89.4 Å². The van der Waals surface area contributed by atoms with Crippen molar-refractivity contribution >= 4 is 35.8 Å². The number of carbonyl (C=O) groups is 6.